The molecule has 5 rings (SSSR count). The van der Waals surface area contributed by atoms with E-state index >= 15 is 0 Å². The average Bonchev–Trinajstić information content (AvgIpc) is 2.93. The van der Waals surface area contributed by atoms with Crippen LogP contribution in [0.15, 0.2) is 90.6 Å². The summed E-state index contributed by atoms with van der Waals surface area (Å²) in [5.41, 5.74) is 3.35. The quantitative estimate of drug-likeness (QED) is 0.294. The zero-order valence-electron chi connectivity index (χ0n) is 19.5. The van der Waals surface area contributed by atoms with Gasteiger partial charge in [-0.3, -0.25) is 0 Å². The molecule has 1 fully saturated rings. The molecule has 1 saturated heterocycles. The number of piperidine rings is 1. The van der Waals surface area contributed by atoms with Crippen LogP contribution in [0.1, 0.15) is 29.5 Å². The number of benzene rings is 2. The third-order valence-corrected chi connectivity index (χ3v) is 5.86. The Morgan fingerprint density at radius 2 is 1.40 bits per heavy atom. The van der Waals surface area contributed by atoms with Crippen LogP contribution in [0, 0.1) is 6.92 Å². The fraction of sp³-hybridized carbons (Fsp3) is 0.222. The summed E-state index contributed by atoms with van der Waals surface area (Å²) in [7, 11) is 0. The van der Waals surface area contributed by atoms with Gasteiger partial charge in [0.2, 0.25) is 11.8 Å². The maximum Gasteiger partial charge on any atom is 0.258 e. The van der Waals surface area contributed by atoms with Crippen molar-refractivity contribution in [2.24, 2.45) is 5.16 Å². The van der Waals surface area contributed by atoms with Gasteiger partial charge in [0.1, 0.15) is 18.1 Å². The van der Waals surface area contributed by atoms with Gasteiger partial charge in [0.05, 0.1) is 5.56 Å². The maximum atomic E-state index is 6.24. The highest BCUT2D eigenvalue weighted by atomic mass is 16.6. The lowest BCUT2D eigenvalue weighted by molar-refractivity contribution is 0.160. The van der Waals surface area contributed by atoms with E-state index in [1.807, 2.05) is 73.7 Å². The summed E-state index contributed by atoms with van der Waals surface area (Å²) < 4.78 is 6.24. The van der Waals surface area contributed by atoms with Crippen LogP contribution in [-0.4, -0.2) is 44.8 Å². The molecule has 0 spiro atoms. The van der Waals surface area contributed by atoms with Crippen molar-refractivity contribution in [1.82, 2.24) is 19.9 Å². The van der Waals surface area contributed by atoms with Gasteiger partial charge in [-0.2, -0.15) is 4.98 Å². The first-order valence-corrected chi connectivity index (χ1v) is 11.6. The van der Waals surface area contributed by atoms with Gasteiger partial charge in [-0.15, -0.1) is 0 Å². The normalized spacial score (nSPS) is 13.8. The molecular formula is C27H26N6O2. The van der Waals surface area contributed by atoms with Crippen LogP contribution in [0.2, 0.25) is 0 Å². The topological polar surface area (TPSA) is 85.6 Å². The van der Waals surface area contributed by atoms with Crippen LogP contribution < -0.4 is 14.5 Å². The molecule has 0 bridgehead atoms. The molecule has 8 nitrogen and oxygen atoms in total. The third kappa shape index (κ3) is 5.43. The molecule has 4 aromatic rings. The van der Waals surface area contributed by atoms with Crippen molar-refractivity contribution >= 4 is 11.7 Å². The van der Waals surface area contributed by atoms with E-state index in [4.69, 9.17) is 9.57 Å². The van der Waals surface area contributed by atoms with Gasteiger partial charge >= 0.3 is 0 Å². The largest absolute Gasteiger partial charge is 0.474 e. The summed E-state index contributed by atoms with van der Waals surface area (Å²) in [6.07, 6.45) is 6.72. The molecule has 8 heteroatoms. The lowest BCUT2D eigenvalue weighted by atomic mass is 10.0. The minimum atomic E-state index is 0.0455. The number of rotatable bonds is 7. The van der Waals surface area contributed by atoms with Crippen molar-refractivity contribution in [3.63, 3.8) is 0 Å². The van der Waals surface area contributed by atoms with Gasteiger partial charge in [-0.1, -0.05) is 65.8 Å². The van der Waals surface area contributed by atoms with Crippen LogP contribution in [0.3, 0.4) is 0 Å². The van der Waals surface area contributed by atoms with Gasteiger partial charge in [0.25, 0.3) is 5.88 Å². The molecule has 35 heavy (non-hydrogen) atoms. The SMILES string of the molecule is Cc1c(ON=C(c2ccccc2)c2ccccc2)ncnc1OC1CCN(c2ncccn2)CC1. The van der Waals surface area contributed by atoms with Crippen molar-refractivity contribution < 1.29 is 9.57 Å². The molecule has 1 aliphatic heterocycles. The summed E-state index contributed by atoms with van der Waals surface area (Å²) in [4.78, 5) is 25.3. The van der Waals surface area contributed by atoms with Gasteiger partial charge in [-0.25, -0.2) is 15.0 Å². The van der Waals surface area contributed by atoms with Gasteiger partial charge in [0, 0.05) is 49.5 Å². The smallest absolute Gasteiger partial charge is 0.258 e. The first-order valence-electron chi connectivity index (χ1n) is 11.6. The van der Waals surface area contributed by atoms with E-state index in [2.05, 4.69) is 30.0 Å². The molecule has 0 radical (unpaired) electrons. The monoisotopic (exact) mass is 466 g/mol. The molecule has 0 atom stereocenters. The fourth-order valence-electron chi connectivity index (χ4n) is 3.97. The third-order valence-electron chi connectivity index (χ3n) is 5.86. The second-order valence-corrected chi connectivity index (χ2v) is 8.23. The Bertz CT molecular complexity index is 1220. The Labute approximate surface area is 204 Å². The summed E-state index contributed by atoms with van der Waals surface area (Å²) in [6.45, 7) is 3.53. The van der Waals surface area contributed by atoms with Crippen LogP contribution in [0.4, 0.5) is 5.95 Å². The molecule has 3 heterocycles. The summed E-state index contributed by atoms with van der Waals surface area (Å²) in [5, 5.41) is 4.48. The Hall–Kier alpha value is -4.33. The highest BCUT2D eigenvalue weighted by Gasteiger charge is 2.24. The van der Waals surface area contributed by atoms with Crippen molar-refractivity contribution in [1.29, 1.82) is 0 Å². The minimum absolute atomic E-state index is 0.0455. The summed E-state index contributed by atoms with van der Waals surface area (Å²) in [5.74, 6) is 1.64. The van der Waals surface area contributed by atoms with Crippen LogP contribution >= 0.6 is 0 Å². The predicted octanol–water partition coefficient (Wildman–Crippen LogP) is 4.45. The molecule has 0 N–H and O–H groups in total. The molecule has 2 aromatic heterocycles. The highest BCUT2D eigenvalue weighted by molar-refractivity contribution is 6.12. The number of nitrogens with zero attached hydrogens (tertiary/aromatic N) is 6. The zero-order chi connectivity index (χ0) is 23.9. The number of hydrogen-bond acceptors (Lipinski definition) is 8. The van der Waals surface area contributed by atoms with E-state index in [1.54, 1.807) is 12.4 Å². The first kappa shape index (κ1) is 22.5. The van der Waals surface area contributed by atoms with Gasteiger partial charge in [-0.05, 0) is 13.0 Å². The van der Waals surface area contributed by atoms with E-state index in [1.165, 1.54) is 6.33 Å². The summed E-state index contributed by atoms with van der Waals surface area (Å²) in [6, 6.07) is 21.7. The number of oxime groups is 1. The van der Waals surface area contributed by atoms with Crippen molar-refractivity contribution in [3.05, 3.63) is 102 Å². The standard InChI is InChI=1S/C27H26N6O2/c1-20-25(34-23-13-17-33(18-14-23)27-28-15-8-16-29-27)30-19-31-26(20)35-32-24(21-9-4-2-5-10-21)22-11-6-3-7-12-22/h2-12,15-16,19,23H,13-14,17-18H2,1H3. The van der Waals surface area contributed by atoms with Gasteiger partial charge in [0.15, 0.2) is 0 Å². The fourth-order valence-corrected chi connectivity index (χ4v) is 3.97. The number of ether oxygens (including phenoxy) is 1. The Balaban J connectivity index is 1.30. The van der Waals surface area contributed by atoms with Crippen LogP contribution in [0.5, 0.6) is 11.8 Å². The Kier molecular flexibility index (Phi) is 6.89. The van der Waals surface area contributed by atoms with E-state index in [-0.39, 0.29) is 6.10 Å². The molecule has 2 aromatic carbocycles. The Morgan fingerprint density at radius 1 is 0.800 bits per heavy atom. The van der Waals surface area contributed by atoms with E-state index < -0.39 is 0 Å². The predicted molar refractivity (Wildman–Crippen MR) is 134 cm³/mol. The molecular weight excluding hydrogens is 440 g/mol. The van der Waals surface area contributed by atoms with Crippen LogP contribution in [0.25, 0.3) is 0 Å². The van der Waals surface area contributed by atoms with Crippen molar-refractivity contribution in [2.75, 3.05) is 18.0 Å². The maximum absolute atomic E-state index is 6.24. The van der Waals surface area contributed by atoms with Crippen LogP contribution in [-0.2, 0) is 0 Å². The lowest BCUT2D eigenvalue weighted by Gasteiger charge is -2.32. The van der Waals surface area contributed by atoms with E-state index in [0.29, 0.717) is 17.3 Å². The van der Waals surface area contributed by atoms with Crippen molar-refractivity contribution in [2.45, 2.75) is 25.9 Å². The molecule has 0 saturated carbocycles. The summed E-state index contributed by atoms with van der Waals surface area (Å²) >= 11 is 0. The second-order valence-electron chi connectivity index (χ2n) is 8.23. The molecule has 0 unspecified atom stereocenters. The number of aromatic nitrogens is 4. The molecule has 0 aliphatic carbocycles. The first-order chi connectivity index (χ1) is 17.3. The highest BCUT2D eigenvalue weighted by Crippen LogP contribution is 2.27. The second kappa shape index (κ2) is 10.7. The number of anilines is 1. The van der Waals surface area contributed by atoms with Crippen molar-refractivity contribution in [3.8, 4) is 11.8 Å². The molecule has 0 amide bonds. The molecule has 1 aliphatic rings. The minimum Gasteiger partial charge on any atom is -0.474 e. The van der Waals surface area contributed by atoms with Gasteiger partial charge < -0.3 is 14.5 Å². The lowest BCUT2D eigenvalue weighted by Crippen LogP contribution is -2.39. The average molecular weight is 467 g/mol. The molecule has 176 valence electrons. The zero-order valence-corrected chi connectivity index (χ0v) is 19.5. The number of hydrogen-bond donors (Lipinski definition) is 0. The van der Waals surface area contributed by atoms with E-state index in [0.717, 1.165) is 48.7 Å². The Morgan fingerprint density at radius 3 is 2.03 bits per heavy atom. The van der Waals surface area contributed by atoms with E-state index in [9.17, 15) is 0 Å².